The van der Waals surface area contributed by atoms with Crippen LogP contribution in [0.25, 0.3) is 0 Å². The van der Waals surface area contributed by atoms with Gasteiger partial charge in [-0.2, -0.15) is 0 Å². The molecular weight excluding hydrogens is 995 g/mol. The van der Waals surface area contributed by atoms with Crippen molar-refractivity contribution < 1.29 is 42.9 Å². The van der Waals surface area contributed by atoms with Gasteiger partial charge < -0.3 is 33.3 Å². The Hall–Kier alpha value is -2.75. The summed E-state index contributed by atoms with van der Waals surface area (Å²) < 4.78 is 22.7. The third-order valence-corrected chi connectivity index (χ3v) is 15.3. The number of quaternary nitrogens is 1. The van der Waals surface area contributed by atoms with Crippen molar-refractivity contribution in [2.24, 2.45) is 0 Å². The lowest BCUT2D eigenvalue weighted by Gasteiger charge is -2.26. The molecule has 0 rings (SSSR count). The molecule has 0 heterocycles. The van der Waals surface area contributed by atoms with Crippen molar-refractivity contribution in [3.05, 3.63) is 48.6 Å². The fourth-order valence-electron chi connectivity index (χ4n) is 10.0. The van der Waals surface area contributed by atoms with Crippen LogP contribution in [0.3, 0.4) is 0 Å². The van der Waals surface area contributed by atoms with E-state index in [1.54, 1.807) is 0 Å². The summed E-state index contributed by atoms with van der Waals surface area (Å²) in [5, 5.41) is 11.8. The fourth-order valence-corrected chi connectivity index (χ4v) is 10.0. The van der Waals surface area contributed by atoms with E-state index in [2.05, 4.69) is 62.5 Å². The second kappa shape index (κ2) is 62.3. The average molecular weight is 1130 g/mol. The van der Waals surface area contributed by atoms with Crippen molar-refractivity contribution in [1.29, 1.82) is 0 Å². The van der Waals surface area contributed by atoms with E-state index in [1.807, 2.05) is 21.1 Å². The summed E-state index contributed by atoms with van der Waals surface area (Å²) in [6.45, 7) is 4.76. The van der Waals surface area contributed by atoms with Crippen molar-refractivity contribution >= 4 is 17.9 Å². The number of likely N-dealkylation sites (N-methyl/N-ethyl adjacent to an activating group) is 1. The number of ether oxygens (including phenoxy) is 4. The molecule has 0 aromatic rings. The van der Waals surface area contributed by atoms with Crippen molar-refractivity contribution in [2.45, 2.75) is 341 Å². The lowest BCUT2D eigenvalue weighted by atomic mass is 10.0. The van der Waals surface area contributed by atoms with Gasteiger partial charge in [-0.25, -0.2) is 0 Å². The number of allylic oxidation sites excluding steroid dienone is 8. The lowest BCUT2D eigenvalue weighted by Crippen LogP contribution is -2.44. The summed E-state index contributed by atoms with van der Waals surface area (Å²) in [7, 11) is 5.93. The number of rotatable bonds is 64. The van der Waals surface area contributed by atoms with Crippen molar-refractivity contribution in [3.8, 4) is 0 Å². The molecule has 0 saturated heterocycles. The van der Waals surface area contributed by atoms with Crippen LogP contribution in [0.2, 0.25) is 0 Å². The minimum Gasteiger partial charge on any atom is -0.545 e. The van der Waals surface area contributed by atoms with Gasteiger partial charge >= 0.3 is 11.9 Å². The highest BCUT2D eigenvalue weighted by atomic mass is 16.7. The predicted molar refractivity (Wildman–Crippen MR) is 339 cm³/mol. The average Bonchev–Trinajstić information content (AvgIpc) is 3.43. The van der Waals surface area contributed by atoms with E-state index >= 15 is 0 Å². The van der Waals surface area contributed by atoms with Crippen molar-refractivity contribution in [1.82, 2.24) is 0 Å². The molecule has 0 fully saturated rings. The Morgan fingerprint density at radius 2 is 0.675 bits per heavy atom. The van der Waals surface area contributed by atoms with Crippen molar-refractivity contribution in [3.63, 3.8) is 0 Å². The van der Waals surface area contributed by atoms with Gasteiger partial charge in [-0.15, -0.1) is 0 Å². The molecule has 468 valence electrons. The van der Waals surface area contributed by atoms with Gasteiger partial charge in [-0.05, 0) is 77.0 Å². The molecule has 9 nitrogen and oxygen atoms in total. The van der Waals surface area contributed by atoms with E-state index in [9.17, 15) is 19.5 Å². The quantitative estimate of drug-likeness (QED) is 0.0195. The molecule has 2 atom stereocenters. The first-order valence-electron chi connectivity index (χ1n) is 34.3. The van der Waals surface area contributed by atoms with Crippen LogP contribution in [0.5, 0.6) is 0 Å². The number of carbonyl (C=O) groups excluding carboxylic acids is 3. The number of carbonyl (C=O) groups is 3. The van der Waals surface area contributed by atoms with E-state index < -0.39 is 24.3 Å². The van der Waals surface area contributed by atoms with Crippen LogP contribution in [-0.2, 0) is 33.3 Å². The monoisotopic (exact) mass is 1130 g/mol. The summed E-state index contributed by atoms with van der Waals surface area (Å²) in [5.74, 6) is -2.27. The Labute approximate surface area is 495 Å². The minimum atomic E-state index is -1.62. The van der Waals surface area contributed by atoms with Crippen molar-refractivity contribution in [2.75, 3.05) is 47.5 Å². The Bertz CT molecular complexity index is 1450. The molecule has 80 heavy (non-hydrogen) atoms. The summed E-state index contributed by atoms with van der Waals surface area (Å²) in [4.78, 5) is 37.4. The van der Waals surface area contributed by atoms with Gasteiger partial charge in [0.05, 0.1) is 40.3 Å². The summed E-state index contributed by atoms with van der Waals surface area (Å²) >= 11 is 0. The largest absolute Gasteiger partial charge is 0.545 e. The van der Waals surface area contributed by atoms with Crippen LogP contribution in [0.15, 0.2) is 48.6 Å². The number of nitrogens with zero attached hydrogens (tertiary/aromatic N) is 1. The maximum atomic E-state index is 12.9. The second-order valence-electron chi connectivity index (χ2n) is 24.5. The van der Waals surface area contributed by atoms with Crippen LogP contribution in [-0.4, -0.2) is 82.3 Å². The summed E-state index contributed by atoms with van der Waals surface area (Å²) in [6, 6.07) is 0. The molecular formula is C71H131NO8. The normalized spacial score (nSPS) is 13.0. The highest BCUT2D eigenvalue weighted by Gasteiger charge is 2.22. The van der Waals surface area contributed by atoms with Gasteiger partial charge in [0.1, 0.15) is 13.2 Å². The highest BCUT2D eigenvalue weighted by Crippen LogP contribution is 2.18. The van der Waals surface area contributed by atoms with Gasteiger partial charge in [0, 0.05) is 12.8 Å². The van der Waals surface area contributed by atoms with Crippen LogP contribution in [0.4, 0.5) is 0 Å². The van der Waals surface area contributed by atoms with E-state index in [1.165, 1.54) is 231 Å². The van der Waals surface area contributed by atoms with Crippen LogP contribution in [0, 0.1) is 0 Å². The zero-order valence-corrected chi connectivity index (χ0v) is 53.5. The molecule has 0 aliphatic carbocycles. The van der Waals surface area contributed by atoms with Gasteiger partial charge in [0.15, 0.2) is 12.4 Å². The molecule has 0 radical (unpaired) electrons. The maximum Gasteiger partial charge on any atom is 0.306 e. The number of hydrogen-bond donors (Lipinski definition) is 0. The zero-order valence-electron chi connectivity index (χ0n) is 53.5. The maximum absolute atomic E-state index is 12.9. The molecule has 0 aromatic carbocycles. The summed E-state index contributed by atoms with van der Waals surface area (Å²) in [6.07, 6.45) is 76.4. The number of esters is 2. The number of hydrogen-bond acceptors (Lipinski definition) is 8. The fraction of sp³-hybridized carbons (Fsp3) is 0.845. The van der Waals surface area contributed by atoms with E-state index in [0.29, 0.717) is 17.4 Å². The zero-order chi connectivity index (χ0) is 58.3. The molecule has 0 aliphatic rings. The Morgan fingerprint density at radius 1 is 0.375 bits per heavy atom. The molecule has 0 aromatic heterocycles. The molecule has 0 N–H and O–H groups in total. The van der Waals surface area contributed by atoms with Gasteiger partial charge in [-0.3, -0.25) is 9.59 Å². The molecule has 0 spiro atoms. The Kier molecular flexibility index (Phi) is 60.2. The second-order valence-corrected chi connectivity index (χ2v) is 24.5. The van der Waals surface area contributed by atoms with Gasteiger partial charge in [0.25, 0.3) is 0 Å². The Balaban J connectivity index is 3.97. The first kappa shape index (κ1) is 77.2. The molecule has 9 heteroatoms. The SMILES string of the molecule is CCCCCCC/C=C\C/C=C\C/C=C\CCCCCCCCCCCCCCCCCCCCCCCCCCC(=O)OC(COC(=O)CCCCCCC/C=C\CCCCCCCCC)COC(OCC[N+](C)(C)C)C(=O)[O-]. The molecule has 0 amide bonds. The predicted octanol–water partition coefficient (Wildman–Crippen LogP) is 19.6. The van der Waals surface area contributed by atoms with Gasteiger partial charge in [0.2, 0.25) is 0 Å². The molecule has 0 bridgehead atoms. The van der Waals surface area contributed by atoms with Crippen LogP contribution < -0.4 is 5.11 Å². The highest BCUT2D eigenvalue weighted by molar-refractivity contribution is 5.70. The summed E-state index contributed by atoms with van der Waals surface area (Å²) in [5.41, 5.74) is 0. The minimum absolute atomic E-state index is 0.148. The number of carboxylic acid groups (broad SMARTS) is 1. The van der Waals surface area contributed by atoms with E-state index in [0.717, 1.165) is 64.2 Å². The number of carboxylic acids is 1. The van der Waals surface area contributed by atoms with Crippen LogP contribution >= 0.6 is 0 Å². The van der Waals surface area contributed by atoms with E-state index in [4.69, 9.17) is 18.9 Å². The third-order valence-electron chi connectivity index (χ3n) is 15.3. The van der Waals surface area contributed by atoms with Crippen LogP contribution in [0.1, 0.15) is 328 Å². The topological polar surface area (TPSA) is 111 Å². The first-order valence-corrected chi connectivity index (χ1v) is 34.3. The van der Waals surface area contributed by atoms with E-state index in [-0.39, 0.29) is 38.6 Å². The first-order chi connectivity index (χ1) is 39.1. The lowest BCUT2D eigenvalue weighted by molar-refractivity contribution is -0.870. The molecule has 2 unspecified atom stereocenters. The molecule has 0 aliphatic heterocycles. The Morgan fingerprint density at radius 3 is 1.01 bits per heavy atom. The molecule has 0 saturated carbocycles. The number of unbranched alkanes of at least 4 members (excludes halogenated alkanes) is 41. The van der Waals surface area contributed by atoms with Gasteiger partial charge in [-0.1, -0.05) is 287 Å². The smallest absolute Gasteiger partial charge is 0.306 e. The third kappa shape index (κ3) is 62.8. The standard InChI is InChI=1S/C71H131NO8/c1-6-8-10-12-14-16-18-20-22-24-25-26-27-28-29-30-31-32-33-34-35-36-37-38-39-40-41-42-43-44-45-46-48-50-52-54-56-58-60-62-69(74)80-67(66-79-71(70(75)76)77-64-63-72(3,4)5)65-78-68(73)61-59-57-55-53-51-49-47-23-21-19-17-15-13-11-9-7-2/h18,20,23-25,27-28,47,67,71H,6-17,19,21-22,26,29-46,48-66H2,1-5H3/b20-18-,25-24-,28-27-,47-23-. The number of aliphatic carboxylic acids is 1.